The standard InChI is InChI=1S/C26H30N4O4S2/c1-5-13-30-21(14-34-19-11-8-9-16(2)17(19)3)28-29-26(30)35-15-22(31)27-24-23(25(32)33-4)18-10-6-7-12-20(18)36-24/h5,8-9,11H,1,6-7,10,12-15H2,2-4H3,(H,27,31). The SMILES string of the molecule is C=CCn1c(COc2cccc(C)c2C)nnc1SCC(=O)Nc1sc2c(c1C(=O)OC)CCCC2. The predicted molar refractivity (Wildman–Crippen MR) is 142 cm³/mol. The summed E-state index contributed by atoms with van der Waals surface area (Å²) in [4.78, 5) is 26.4. The minimum atomic E-state index is -0.406. The highest BCUT2D eigenvalue weighted by Gasteiger charge is 2.27. The van der Waals surface area contributed by atoms with E-state index >= 15 is 0 Å². The molecule has 1 amide bonds. The number of fused-ring (bicyclic) bond motifs is 1. The second-order valence-electron chi connectivity index (χ2n) is 8.53. The third-order valence-corrected chi connectivity index (χ3v) is 8.34. The molecule has 1 aromatic carbocycles. The highest BCUT2D eigenvalue weighted by Crippen LogP contribution is 2.38. The lowest BCUT2D eigenvalue weighted by Crippen LogP contribution is -2.17. The zero-order chi connectivity index (χ0) is 25.7. The van der Waals surface area contributed by atoms with Crippen LogP contribution in [0.15, 0.2) is 36.0 Å². The van der Waals surface area contributed by atoms with Crippen LogP contribution >= 0.6 is 23.1 Å². The van der Waals surface area contributed by atoms with Gasteiger partial charge in [0, 0.05) is 11.4 Å². The van der Waals surface area contributed by atoms with Crippen molar-refractivity contribution in [1.29, 1.82) is 0 Å². The summed E-state index contributed by atoms with van der Waals surface area (Å²) in [6.45, 7) is 8.64. The van der Waals surface area contributed by atoms with E-state index in [9.17, 15) is 9.59 Å². The maximum atomic E-state index is 12.8. The molecule has 0 unspecified atom stereocenters. The van der Waals surface area contributed by atoms with Crippen LogP contribution in [0.3, 0.4) is 0 Å². The number of ether oxygens (including phenoxy) is 2. The van der Waals surface area contributed by atoms with Crippen molar-refractivity contribution in [2.24, 2.45) is 0 Å². The number of benzene rings is 1. The van der Waals surface area contributed by atoms with Crippen molar-refractivity contribution in [2.75, 3.05) is 18.2 Å². The molecule has 1 aliphatic rings. The Morgan fingerprint density at radius 3 is 2.83 bits per heavy atom. The molecule has 4 rings (SSSR count). The van der Waals surface area contributed by atoms with Gasteiger partial charge in [0.2, 0.25) is 5.91 Å². The molecule has 1 aliphatic carbocycles. The van der Waals surface area contributed by atoms with Crippen LogP contribution < -0.4 is 10.1 Å². The molecule has 0 fully saturated rings. The molecular weight excluding hydrogens is 496 g/mol. The molecule has 0 radical (unpaired) electrons. The van der Waals surface area contributed by atoms with Gasteiger partial charge in [0.25, 0.3) is 0 Å². The van der Waals surface area contributed by atoms with Gasteiger partial charge < -0.3 is 14.8 Å². The molecule has 0 bridgehead atoms. The molecule has 2 aromatic heterocycles. The average molecular weight is 527 g/mol. The molecule has 8 nitrogen and oxygen atoms in total. The number of nitrogens with one attached hydrogen (secondary N) is 1. The Bertz CT molecular complexity index is 1280. The van der Waals surface area contributed by atoms with E-state index in [0.29, 0.717) is 28.1 Å². The van der Waals surface area contributed by atoms with E-state index in [2.05, 4.69) is 22.1 Å². The Hall–Kier alpha value is -3.11. The second kappa shape index (κ2) is 11.7. The fourth-order valence-corrected chi connectivity index (χ4v) is 6.19. The van der Waals surface area contributed by atoms with E-state index in [1.807, 2.05) is 36.6 Å². The second-order valence-corrected chi connectivity index (χ2v) is 10.6. The molecule has 0 atom stereocenters. The number of carbonyl (C=O) groups excluding carboxylic acids is 2. The molecule has 1 N–H and O–H groups in total. The predicted octanol–water partition coefficient (Wildman–Crippen LogP) is 5.12. The monoisotopic (exact) mass is 526 g/mol. The number of aromatic nitrogens is 3. The third-order valence-electron chi connectivity index (χ3n) is 6.16. The smallest absolute Gasteiger partial charge is 0.341 e. The molecule has 0 saturated heterocycles. The van der Waals surface area contributed by atoms with Crippen molar-refractivity contribution < 1.29 is 19.1 Å². The number of hydrogen-bond acceptors (Lipinski definition) is 8. The van der Waals surface area contributed by atoms with Gasteiger partial charge in [0.1, 0.15) is 17.4 Å². The van der Waals surface area contributed by atoms with E-state index in [4.69, 9.17) is 9.47 Å². The lowest BCUT2D eigenvalue weighted by atomic mass is 9.95. The number of carbonyl (C=O) groups is 2. The van der Waals surface area contributed by atoms with Gasteiger partial charge in [-0.1, -0.05) is 30.0 Å². The van der Waals surface area contributed by atoms with E-state index in [1.165, 1.54) is 30.2 Å². The highest BCUT2D eigenvalue weighted by atomic mass is 32.2. The topological polar surface area (TPSA) is 95.3 Å². The van der Waals surface area contributed by atoms with Crippen LogP contribution in [0, 0.1) is 13.8 Å². The number of nitrogens with zero attached hydrogens (tertiary/aromatic N) is 3. The summed E-state index contributed by atoms with van der Waals surface area (Å²) in [5.74, 6) is 0.951. The van der Waals surface area contributed by atoms with Crippen molar-refractivity contribution in [3.63, 3.8) is 0 Å². The van der Waals surface area contributed by atoms with Crippen LogP contribution in [-0.2, 0) is 35.5 Å². The first kappa shape index (κ1) is 26.0. The zero-order valence-corrected chi connectivity index (χ0v) is 22.4. The largest absolute Gasteiger partial charge is 0.485 e. The molecule has 0 saturated carbocycles. The summed E-state index contributed by atoms with van der Waals surface area (Å²) in [6.07, 6.45) is 5.63. The quantitative estimate of drug-likeness (QED) is 0.223. The molecule has 0 aliphatic heterocycles. The fraction of sp³-hybridized carbons (Fsp3) is 0.385. The summed E-state index contributed by atoms with van der Waals surface area (Å²) in [5.41, 5.74) is 3.75. The first-order chi connectivity index (χ1) is 17.4. The van der Waals surface area contributed by atoms with Crippen LogP contribution in [0.5, 0.6) is 5.75 Å². The lowest BCUT2D eigenvalue weighted by Gasteiger charge is -2.12. The molecule has 190 valence electrons. The van der Waals surface area contributed by atoms with Crippen LogP contribution in [0.25, 0.3) is 0 Å². The van der Waals surface area contributed by atoms with Gasteiger partial charge in [-0.3, -0.25) is 9.36 Å². The number of aryl methyl sites for hydroxylation is 2. The van der Waals surface area contributed by atoms with E-state index in [-0.39, 0.29) is 18.3 Å². The molecule has 36 heavy (non-hydrogen) atoms. The fourth-order valence-electron chi connectivity index (χ4n) is 4.13. The van der Waals surface area contributed by atoms with Gasteiger partial charge in [0.05, 0.1) is 18.4 Å². The Labute approximate surface area is 219 Å². The van der Waals surface area contributed by atoms with Crippen molar-refractivity contribution in [1.82, 2.24) is 14.8 Å². The number of allylic oxidation sites excluding steroid dienone is 1. The average Bonchev–Trinajstić information content (AvgIpc) is 3.43. The van der Waals surface area contributed by atoms with Gasteiger partial charge in [0.15, 0.2) is 11.0 Å². The number of thioether (sulfide) groups is 1. The number of methoxy groups -OCH3 is 1. The summed E-state index contributed by atoms with van der Waals surface area (Å²) in [5, 5.41) is 12.6. The van der Waals surface area contributed by atoms with Gasteiger partial charge in [-0.15, -0.1) is 28.1 Å². The molecule has 10 heteroatoms. The minimum absolute atomic E-state index is 0.121. The van der Waals surface area contributed by atoms with E-state index in [1.54, 1.807) is 6.08 Å². The highest BCUT2D eigenvalue weighted by molar-refractivity contribution is 7.99. The number of thiophene rings is 1. The molecule has 0 spiro atoms. The van der Waals surface area contributed by atoms with Crippen molar-refractivity contribution in [2.45, 2.75) is 57.8 Å². The number of rotatable bonds is 10. The van der Waals surface area contributed by atoms with Crippen LogP contribution in [0.2, 0.25) is 0 Å². The summed E-state index contributed by atoms with van der Waals surface area (Å²) >= 11 is 2.75. The Kier molecular flexibility index (Phi) is 8.48. The Balaban J connectivity index is 1.43. The molecular formula is C26H30N4O4S2. The Morgan fingerprint density at radius 2 is 2.06 bits per heavy atom. The maximum Gasteiger partial charge on any atom is 0.341 e. The first-order valence-electron chi connectivity index (χ1n) is 11.8. The van der Waals surface area contributed by atoms with Crippen LogP contribution in [-0.4, -0.2) is 39.5 Å². The van der Waals surface area contributed by atoms with Crippen molar-refractivity contribution >= 4 is 40.0 Å². The zero-order valence-electron chi connectivity index (χ0n) is 20.8. The van der Waals surface area contributed by atoms with Crippen molar-refractivity contribution in [3.05, 3.63) is 63.8 Å². The van der Waals surface area contributed by atoms with Gasteiger partial charge >= 0.3 is 5.97 Å². The normalized spacial score (nSPS) is 12.6. The number of anilines is 1. The Morgan fingerprint density at radius 1 is 1.25 bits per heavy atom. The van der Waals surface area contributed by atoms with Gasteiger partial charge in [-0.25, -0.2) is 4.79 Å². The van der Waals surface area contributed by atoms with E-state index in [0.717, 1.165) is 53.0 Å². The van der Waals surface area contributed by atoms with Crippen LogP contribution in [0.1, 0.15) is 50.6 Å². The maximum absolute atomic E-state index is 12.8. The van der Waals surface area contributed by atoms with Gasteiger partial charge in [-0.05, 0) is 62.3 Å². The number of amides is 1. The summed E-state index contributed by atoms with van der Waals surface area (Å²) in [6, 6.07) is 5.94. The van der Waals surface area contributed by atoms with Gasteiger partial charge in [-0.2, -0.15) is 0 Å². The molecule has 2 heterocycles. The van der Waals surface area contributed by atoms with Crippen LogP contribution in [0.4, 0.5) is 5.00 Å². The summed E-state index contributed by atoms with van der Waals surface area (Å²) < 4.78 is 12.9. The third kappa shape index (κ3) is 5.65. The first-order valence-corrected chi connectivity index (χ1v) is 13.6. The summed E-state index contributed by atoms with van der Waals surface area (Å²) in [7, 11) is 1.37. The number of esters is 1. The number of hydrogen-bond donors (Lipinski definition) is 1. The lowest BCUT2D eigenvalue weighted by molar-refractivity contribution is -0.113. The molecule has 3 aromatic rings. The van der Waals surface area contributed by atoms with E-state index < -0.39 is 5.97 Å². The minimum Gasteiger partial charge on any atom is -0.485 e. The van der Waals surface area contributed by atoms with Crippen molar-refractivity contribution in [3.8, 4) is 5.75 Å².